The zero-order valence-corrected chi connectivity index (χ0v) is 11.5. The van der Waals surface area contributed by atoms with E-state index in [4.69, 9.17) is 4.42 Å². The lowest BCUT2D eigenvalue weighted by molar-refractivity contribution is -0.402. The van der Waals surface area contributed by atoms with Crippen molar-refractivity contribution in [2.75, 3.05) is 26.2 Å². The summed E-state index contributed by atoms with van der Waals surface area (Å²) in [5.41, 5.74) is 0. The molecule has 19 heavy (non-hydrogen) atoms. The minimum absolute atomic E-state index is 0.135. The molecule has 0 unspecified atom stereocenters. The Balaban J connectivity index is 2.17. The van der Waals surface area contributed by atoms with Crippen LogP contribution >= 0.6 is 0 Å². The Bertz CT molecular complexity index is 425. The van der Waals surface area contributed by atoms with Crippen molar-refractivity contribution in [3.63, 3.8) is 0 Å². The fourth-order valence-electron chi connectivity index (χ4n) is 2.50. The van der Waals surface area contributed by atoms with Gasteiger partial charge in [0.05, 0.1) is 12.1 Å². The lowest BCUT2D eigenvalue weighted by Gasteiger charge is -2.34. The molecule has 0 saturated carbocycles. The lowest BCUT2D eigenvalue weighted by atomic mass is 10.00. The molecule has 6 nitrogen and oxygen atoms in total. The Morgan fingerprint density at radius 1 is 1.42 bits per heavy atom. The van der Waals surface area contributed by atoms with Gasteiger partial charge >= 0.3 is 5.88 Å². The molecule has 1 aliphatic heterocycles. The molecule has 0 aliphatic carbocycles. The summed E-state index contributed by atoms with van der Waals surface area (Å²) in [4.78, 5) is 12.6. The molecule has 1 N–H and O–H groups in total. The molecule has 1 aromatic rings. The van der Waals surface area contributed by atoms with Gasteiger partial charge in [0, 0.05) is 26.2 Å². The van der Waals surface area contributed by atoms with Crippen molar-refractivity contribution in [2.24, 2.45) is 5.92 Å². The summed E-state index contributed by atoms with van der Waals surface area (Å²) in [6.07, 6.45) is 0.949. The summed E-state index contributed by atoms with van der Waals surface area (Å²) in [5.74, 6) is 1.06. The zero-order chi connectivity index (χ0) is 13.8. The molecule has 1 saturated heterocycles. The van der Waals surface area contributed by atoms with Crippen LogP contribution in [0.1, 0.15) is 32.1 Å². The average molecular weight is 267 g/mol. The first-order chi connectivity index (χ1) is 9.08. The number of nitro groups is 1. The van der Waals surface area contributed by atoms with Crippen LogP contribution in [-0.4, -0.2) is 36.0 Å². The van der Waals surface area contributed by atoms with Gasteiger partial charge in [-0.25, -0.2) is 0 Å². The number of nitrogens with one attached hydrogen (secondary N) is 1. The second kappa shape index (κ2) is 6.16. The van der Waals surface area contributed by atoms with Gasteiger partial charge in [-0.15, -0.1) is 0 Å². The van der Waals surface area contributed by atoms with Gasteiger partial charge in [0.1, 0.15) is 10.7 Å². The number of nitrogens with zero attached hydrogens (tertiary/aromatic N) is 2. The summed E-state index contributed by atoms with van der Waals surface area (Å²) in [7, 11) is 0. The van der Waals surface area contributed by atoms with E-state index in [1.165, 1.54) is 6.07 Å². The molecule has 2 rings (SSSR count). The molecular weight excluding hydrogens is 246 g/mol. The monoisotopic (exact) mass is 267 g/mol. The Labute approximate surface area is 112 Å². The molecule has 0 bridgehead atoms. The second-order valence-corrected chi connectivity index (χ2v) is 5.36. The Morgan fingerprint density at radius 3 is 2.63 bits per heavy atom. The third kappa shape index (κ3) is 3.54. The molecule has 6 heteroatoms. The van der Waals surface area contributed by atoms with Gasteiger partial charge in [-0.1, -0.05) is 13.8 Å². The molecule has 0 radical (unpaired) electrons. The number of hydrogen-bond acceptors (Lipinski definition) is 5. The van der Waals surface area contributed by atoms with Gasteiger partial charge in [0.15, 0.2) is 0 Å². The van der Waals surface area contributed by atoms with E-state index in [2.05, 4.69) is 24.1 Å². The Kier molecular flexibility index (Phi) is 4.55. The Hall–Kier alpha value is -1.40. The standard InChI is InChI=1S/C13H21N3O3/c1-10(2)9-11(15-7-5-14-6-8-15)12-3-4-13(19-12)16(17)18/h3-4,10-11,14H,5-9H2,1-2H3/t11-/m1/s1. The average Bonchev–Trinajstić information content (AvgIpc) is 2.86. The van der Waals surface area contributed by atoms with Crippen molar-refractivity contribution < 1.29 is 9.34 Å². The zero-order valence-electron chi connectivity index (χ0n) is 11.5. The van der Waals surface area contributed by atoms with E-state index in [1.807, 2.05) is 0 Å². The maximum atomic E-state index is 10.7. The summed E-state index contributed by atoms with van der Waals surface area (Å²) >= 11 is 0. The van der Waals surface area contributed by atoms with Crippen LogP contribution in [0.3, 0.4) is 0 Å². The minimum atomic E-state index is -0.478. The van der Waals surface area contributed by atoms with Crippen molar-refractivity contribution in [3.8, 4) is 0 Å². The van der Waals surface area contributed by atoms with E-state index in [0.29, 0.717) is 11.7 Å². The lowest BCUT2D eigenvalue weighted by Crippen LogP contribution is -2.45. The van der Waals surface area contributed by atoms with E-state index in [1.54, 1.807) is 6.07 Å². The van der Waals surface area contributed by atoms with Crippen molar-refractivity contribution in [1.82, 2.24) is 10.2 Å². The van der Waals surface area contributed by atoms with Crippen molar-refractivity contribution in [3.05, 3.63) is 28.0 Å². The maximum Gasteiger partial charge on any atom is 0.433 e. The topological polar surface area (TPSA) is 71.5 Å². The highest BCUT2D eigenvalue weighted by Gasteiger charge is 2.27. The minimum Gasteiger partial charge on any atom is -0.404 e. The summed E-state index contributed by atoms with van der Waals surface area (Å²) in [6.45, 7) is 8.13. The highest BCUT2D eigenvalue weighted by Crippen LogP contribution is 2.31. The van der Waals surface area contributed by atoms with Gasteiger partial charge in [-0.3, -0.25) is 15.0 Å². The van der Waals surface area contributed by atoms with E-state index in [0.717, 1.165) is 32.6 Å². The van der Waals surface area contributed by atoms with Crippen LogP contribution in [0.2, 0.25) is 0 Å². The third-order valence-corrected chi connectivity index (χ3v) is 3.41. The normalized spacial score (nSPS) is 18.7. The van der Waals surface area contributed by atoms with Gasteiger partial charge in [0.2, 0.25) is 0 Å². The summed E-state index contributed by atoms with van der Waals surface area (Å²) < 4.78 is 5.40. The van der Waals surface area contributed by atoms with Crippen LogP contribution in [-0.2, 0) is 0 Å². The Morgan fingerprint density at radius 2 is 2.11 bits per heavy atom. The van der Waals surface area contributed by atoms with Gasteiger partial charge in [-0.2, -0.15) is 0 Å². The molecule has 2 heterocycles. The molecule has 1 aromatic heterocycles. The largest absolute Gasteiger partial charge is 0.433 e. The summed E-state index contributed by atoms with van der Waals surface area (Å²) in [5, 5.41) is 14.0. The molecule has 0 amide bonds. The van der Waals surface area contributed by atoms with Crippen molar-refractivity contribution >= 4 is 5.88 Å². The number of piperazine rings is 1. The number of furan rings is 1. The SMILES string of the molecule is CC(C)C[C@H](c1ccc([N+](=O)[O-])o1)N1CCNCC1. The van der Waals surface area contributed by atoms with Crippen LogP contribution in [0.25, 0.3) is 0 Å². The molecule has 106 valence electrons. The van der Waals surface area contributed by atoms with Crippen molar-refractivity contribution in [2.45, 2.75) is 26.3 Å². The molecule has 1 atom stereocenters. The van der Waals surface area contributed by atoms with Crippen LogP contribution in [0, 0.1) is 16.0 Å². The number of rotatable bonds is 5. The van der Waals surface area contributed by atoms with Crippen LogP contribution in [0.4, 0.5) is 5.88 Å². The van der Waals surface area contributed by atoms with Gasteiger partial charge in [0.25, 0.3) is 0 Å². The molecule has 0 spiro atoms. The van der Waals surface area contributed by atoms with Gasteiger partial charge < -0.3 is 9.73 Å². The van der Waals surface area contributed by atoms with E-state index in [9.17, 15) is 10.1 Å². The molecule has 0 aromatic carbocycles. The quantitative estimate of drug-likeness (QED) is 0.654. The fraction of sp³-hybridized carbons (Fsp3) is 0.692. The van der Waals surface area contributed by atoms with E-state index < -0.39 is 4.92 Å². The van der Waals surface area contributed by atoms with Gasteiger partial charge in [-0.05, 0) is 18.4 Å². The highest BCUT2D eigenvalue weighted by atomic mass is 16.6. The first-order valence-electron chi connectivity index (χ1n) is 6.77. The van der Waals surface area contributed by atoms with E-state index >= 15 is 0 Å². The molecule has 1 aliphatic rings. The predicted octanol–water partition coefficient (Wildman–Crippen LogP) is 2.18. The van der Waals surface area contributed by atoms with E-state index in [-0.39, 0.29) is 11.9 Å². The highest BCUT2D eigenvalue weighted by molar-refractivity contribution is 5.20. The first kappa shape index (κ1) is 14.0. The third-order valence-electron chi connectivity index (χ3n) is 3.41. The van der Waals surface area contributed by atoms with Crippen molar-refractivity contribution in [1.29, 1.82) is 0 Å². The molecule has 1 fully saturated rings. The number of hydrogen-bond donors (Lipinski definition) is 1. The van der Waals surface area contributed by atoms with Crippen LogP contribution in [0.15, 0.2) is 16.5 Å². The second-order valence-electron chi connectivity index (χ2n) is 5.36. The summed E-state index contributed by atoms with van der Waals surface area (Å²) in [6, 6.07) is 3.33. The van der Waals surface area contributed by atoms with Crippen LogP contribution in [0.5, 0.6) is 0 Å². The first-order valence-corrected chi connectivity index (χ1v) is 6.77. The predicted molar refractivity (Wildman–Crippen MR) is 72.0 cm³/mol. The maximum absolute atomic E-state index is 10.7. The fourth-order valence-corrected chi connectivity index (χ4v) is 2.50. The molecular formula is C13H21N3O3. The smallest absolute Gasteiger partial charge is 0.404 e. The van der Waals surface area contributed by atoms with Crippen LogP contribution < -0.4 is 5.32 Å².